The lowest BCUT2D eigenvalue weighted by molar-refractivity contribution is -0.135. The second-order valence-electron chi connectivity index (χ2n) is 6.29. The molecule has 9 nitrogen and oxygen atoms in total. The molecule has 1 heterocycles. The van der Waals surface area contributed by atoms with Crippen LogP contribution in [0.2, 0.25) is 0 Å². The number of hydrogen-bond donors (Lipinski definition) is 2. The molecule has 0 unspecified atom stereocenters. The summed E-state index contributed by atoms with van der Waals surface area (Å²) in [5.41, 5.74) is 0.391. The minimum atomic E-state index is -4.30. The SMILES string of the molecule is COc1ccc(S(=O)(=O)N(CC(=O)O)c2ccccc2C(=O)Nc2ccncc2)cc1. The molecule has 2 aromatic carbocycles. The number of carboxylic acid groups (broad SMARTS) is 1. The molecule has 0 saturated heterocycles. The van der Waals surface area contributed by atoms with Gasteiger partial charge in [0.1, 0.15) is 12.3 Å². The van der Waals surface area contributed by atoms with Crippen molar-refractivity contribution in [3.63, 3.8) is 0 Å². The molecule has 0 atom stereocenters. The smallest absolute Gasteiger partial charge is 0.324 e. The van der Waals surface area contributed by atoms with Gasteiger partial charge >= 0.3 is 5.97 Å². The number of methoxy groups -OCH3 is 1. The van der Waals surface area contributed by atoms with Crippen LogP contribution in [0.1, 0.15) is 10.4 Å². The van der Waals surface area contributed by atoms with Crippen molar-refractivity contribution < 1.29 is 27.9 Å². The number of sulfonamides is 1. The Balaban J connectivity index is 2.05. The van der Waals surface area contributed by atoms with Crippen LogP contribution in [-0.4, -0.2) is 44.0 Å². The number of nitrogens with zero attached hydrogens (tertiary/aromatic N) is 2. The molecule has 0 saturated carbocycles. The summed E-state index contributed by atoms with van der Waals surface area (Å²) < 4.78 is 32.3. The summed E-state index contributed by atoms with van der Waals surface area (Å²) in [5, 5.41) is 12.0. The van der Waals surface area contributed by atoms with E-state index in [1.807, 2.05) is 0 Å². The first-order chi connectivity index (χ1) is 14.8. The van der Waals surface area contributed by atoms with Crippen LogP contribution < -0.4 is 14.4 Å². The van der Waals surface area contributed by atoms with Crippen molar-refractivity contribution in [2.45, 2.75) is 4.90 Å². The van der Waals surface area contributed by atoms with Gasteiger partial charge in [-0.25, -0.2) is 8.42 Å². The number of anilines is 2. The Kier molecular flexibility index (Phi) is 6.51. The highest BCUT2D eigenvalue weighted by Gasteiger charge is 2.30. The van der Waals surface area contributed by atoms with Crippen molar-refractivity contribution in [3.8, 4) is 5.75 Å². The van der Waals surface area contributed by atoms with Crippen molar-refractivity contribution >= 4 is 33.3 Å². The second kappa shape index (κ2) is 9.26. The van der Waals surface area contributed by atoms with Gasteiger partial charge in [-0.1, -0.05) is 12.1 Å². The molecule has 0 bridgehead atoms. The summed E-state index contributed by atoms with van der Waals surface area (Å²) >= 11 is 0. The average Bonchev–Trinajstić information content (AvgIpc) is 2.78. The van der Waals surface area contributed by atoms with Gasteiger partial charge in [-0.05, 0) is 48.5 Å². The van der Waals surface area contributed by atoms with Gasteiger partial charge in [0, 0.05) is 18.1 Å². The van der Waals surface area contributed by atoms with E-state index >= 15 is 0 Å². The molecule has 3 aromatic rings. The minimum Gasteiger partial charge on any atom is -0.497 e. The topological polar surface area (TPSA) is 126 Å². The monoisotopic (exact) mass is 441 g/mol. The standard InChI is InChI=1S/C21H19N3O6S/c1-30-16-6-8-17(9-7-16)31(28,29)24(14-20(25)26)19-5-3-2-4-18(19)21(27)23-15-10-12-22-13-11-15/h2-13H,14H2,1H3,(H,25,26)(H,22,23,27). The number of ether oxygens (including phenoxy) is 1. The third-order valence-electron chi connectivity index (χ3n) is 4.28. The van der Waals surface area contributed by atoms with E-state index in [-0.39, 0.29) is 16.1 Å². The van der Waals surface area contributed by atoms with Crippen LogP contribution in [-0.2, 0) is 14.8 Å². The van der Waals surface area contributed by atoms with Crippen molar-refractivity contribution in [3.05, 3.63) is 78.6 Å². The molecule has 160 valence electrons. The Morgan fingerprint density at radius 2 is 1.68 bits per heavy atom. The number of amides is 1. The fraction of sp³-hybridized carbons (Fsp3) is 0.0952. The number of aromatic nitrogens is 1. The van der Waals surface area contributed by atoms with Crippen LogP contribution in [0.5, 0.6) is 5.75 Å². The van der Waals surface area contributed by atoms with Crippen LogP contribution in [0, 0.1) is 0 Å². The van der Waals surface area contributed by atoms with Crippen LogP contribution in [0.3, 0.4) is 0 Å². The summed E-state index contributed by atoms with van der Waals surface area (Å²) in [6.07, 6.45) is 2.98. The first-order valence-electron chi connectivity index (χ1n) is 9.02. The molecule has 1 amide bonds. The molecular formula is C21H19N3O6S. The van der Waals surface area contributed by atoms with E-state index in [1.54, 1.807) is 18.2 Å². The molecule has 2 N–H and O–H groups in total. The van der Waals surface area contributed by atoms with Crippen LogP contribution in [0.25, 0.3) is 0 Å². The number of nitrogens with one attached hydrogen (secondary N) is 1. The van der Waals surface area contributed by atoms with E-state index in [0.29, 0.717) is 15.7 Å². The van der Waals surface area contributed by atoms with Gasteiger partial charge < -0.3 is 15.2 Å². The van der Waals surface area contributed by atoms with E-state index in [4.69, 9.17) is 4.74 Å². The third kappa shape index (κ3) is 4.98. The van der Waals surface area contributed by atoms with E-state index < -0.39 is 28.4 Å². The second-order valence-corrected chi connectivity index (χ2v) is 8.15. The zero-order valence-electron chi connectivity index (χ0n) is 16.4. The third-order valence-corrected chi connectivity index (χ3v) is 6.06. The van der Waals surface area contributed by atoms with Gasteiger partial charge in [-0.3, -0.25) is 18.9 Å². The number of rotatable bonds is 8. The quantitative estimate of drug-likeness (QED) is 0.550. The van der Waals surface area contributed by atoms with Gasteiger partial charge in [0.05, 0.1) is 23.3 Å². The number of carbonyl (C=O) groups is 2. The predicted molar refractivity (Wildman–Crippen MR) is 114 cm³/mol. The fourth-order valence-electron chi connectivity index (χ4n) is 2.81. The highest BCUT2D eigenvalue weighted by Crippen LogP contribution is 2.28. The molecular weight excluding hydrogens is 422 g/mol. The average molecular weight is 441 g/mol. The van der Waals surface area contributed by atoms with E-state index in [9.17, 15) is 23.1 Å². The maximum atomic E-state index is 13.3. The summed E-state index contributed by atoms with van der Waals surface area (Å²) in [7, 11) is -2.85. The highest BCUT2D eigenvalue weighted by atomic mass is 32.2. The molecule has 0 fully saturated rings. The Hall–Kier alpha value is -3.92. The Morgan fingerprint density at radius 3 is 2.29 bits per heavy atom. The van der Waals surface area contributed by atoms with Gasteiger partial charge in [0.2, 0.25) is 0 Å². The number of carboxylic acids is 1. The first-order valence-corrected chi connectivity index (χ1v) is 10.5. The minimum absolute atomic E-state index is 0.00218. The van der Waals surface area contributed by atoms with E-state index in [1.165, 1.54) is 62.0 Å². The fourth-order valence-corrected chi connectivity index (χ4v) is 4.25. The van der Waals surface area contributed by atoms with Crippen molar-refractivity contribution in [2.24, 2.45) is 0 Å². The van der Waals surface area contributed by atoms with Crippen LogP contribution >= 0.6 is 0 Å². The number of para-hydroxylation sites is 1. The number of hydrogen-bond acceptors (Lipinski definition) is 6. The Bertz CT molecular complexity index is 1180. The lowest BCUT2D eigenvalue weighted by atomic mass is 10.1. The summed E-state index contributed by atoms with van der Waals surface area (Å²) in [6.45, 7) is -0.867. The number of carbonyl (C=O) groups excluding carboxylic acids is 1. The molecule has 31 heavy (non-hydrogen) atoms. The lowest BCUT2D eigenvalue weighted by Gasteiger charge is -2.25. The summed E-state index contributed by atoms with van der Waals surface area (Å²) in [5.74, 6) is -1.52. The molecule has 10 heteroatoms. The molecule has 0 aliphatic carbocycles. The zero-order valence-corrected chi connectivity index (χ0v) is 17.2. The Morgan fingerprint density at radius 1 is 1.03 bits per heavy atom. The molecule has 0 spiro atoms. The van der Waals surface area contributed by atoms with E-state index in [0.717, 1.165) is 0 Å². The number of pyridine rings is 1. The molecule has 0 radical (unpaired) electrons. The molecule has 1 aromatic heterocycles. The molecule has 0 aliphatic rings. The number of aliphatic carboxylic acids is 1. The van der Waals surface area contributed by atoms with Crippen molar-refractivity contribution in [1.29, 1.82) is 0 Å². The summed E-state index contributed by atoms with van der Waals surface area (Å²) in [6, 6.07) is 14.6. The normalized spacial score (nSPS) is 10.9. The maximum absolute atomic E-state index is 13.3. The summed E-state index contributed by atoms with van der Waals surface area (Å²) in [4.78, 5) is 28.1. The van der Waals surface area contributed by atoms with Gasteiger partial charge in [-0.15, -0.1) is 0 Å². The molecule has 0 aliphatic heterocycles. The lowest BCUT2D eigenvalue weighted by Crippen LogP contribution is -2.37. The van der Waals surface area contributed by atoms with Gasteiger partial charge in [0.25, 0.3) is 15.9 Å². The largest absolute Gasteiger partial charge is 0.497 e. The van der Waals surface area contributed by atoms with Gasteiger partial charge in [0.15, 0.2) is 0 Å². The van der Waals surface area contributed by atoms with Gasteiger partial charge in [-0.2, -0.15) is 0 Å². The van der Waals surface area contributed by atoms with Crippen LogP contribution in [0.4, 0.5) is 11.4 Å². The number of benzene rings is 2. The Labute approximate surface area is 179 Å². The van der Waals surface area contributed by atoms with Crippen LogP contribution in [0.15, 0.2) is 78.0 Å². The first kappa shape index (κ1) is 21.8. The zero-order chi connectivity index (χ0) is 22.4. The highest BCUT2D eigenvalue weighted by molar-refractivity contribution is 7.92. The molecule has 3 rings (SSSR count). The van der Waals surface area contributed by atoms with Crippen molar-refractivity contribution in [2.75, 3.05) is 23.3 Å². The maximum Gasteiger partial charge on any atom is 0.324 e. The predicted octanol–water partition coefficient (Wildman–Crippen LogP) is 2.62. The van der Waals surface area contributed by atoms with E-state index in [2.05, 4.69) is 10.3 Å². The van der Waals surface area contributed by atoms with Crippen molar-refractivity contribution in [1.82, 2.24) is 4.98 Å².